The van der Waals surface area contributed by atoms with Gasteiger partial charge in [-0.3, -0.25) is 9.88 Å². The first-order valence-corrected chi connectivity index (χ1v) is 7.78. The Hall–Kier alpha value is -1.78. The summed E-state index contributed by atoms with van der Waals surface area (Å²) >= 11 is 0. The molecule has 0 unspecified atom stereocenters. The molecule has 1 aromatic heterocycles. The number of rotatable bonds is 4. The maximum atomic E-state index is 14.1. The van der Waals surface area contributed by atoms with Crippen LogP contribution in [0.5, 0.6) is 0 Å². The number of nitrogens with zero attached hydrogens (tertiary/aromatic N) is 2. The van der Waals surface area contributed by atoms with Crippen LogP contribution in [0.2, 0.25) is 0 Å². The number of aromatic nitrogens is 1. The average molecular weight is 300 g/mol. The second-order valence-electron chi connectivity index (χ2n) is 5.86. The molecular formula is C18H21FN2O. The highest BCUT2D eigenvalue weighted by molar-refractivity contribution is 5.65. The van der Waals surface area contributed by atoms with E-state index in [9.17, 15) is 9.50 Å². The van der Waals surface area contributed by atoms with Crippen molar-refractivity contribution < 1.29 is 9.50 Å². The smallest absolute Gasteiger partial charge is 0.149 e. The Morgan fingerprint density at radius 1 is 1.27 bits per heavy atom. The molecule has 3 nitrogen and oxygen atoms in total. The van der Waals surface area contributed by atoms with Crippen molar-refractivity contribution in [2.75, 3.05) is 13.1 Å². The van der Waals surface area contributed by atoms with Gasteiger partial charge in [0, 0.05) is 11.6 Å². The van der Waals surface area contributed by atoms with Crippen LogP contribution in [0.15, 0.2) is 36.5 Å². The van der Waals surface area contributed by atoms with Gasteiger partial charge in [-0.25, -0.2) is 4.39 Å². The van der Waals surface area contributed by atoms with E-state index in [0.717, 1.165) is 18.7 Å². The van der Waals surface area contributed by atoms with Gasteiger partial charge in [-0.15, -0.1) is 0 Å². The molecule has 2 aromatic rings. The molecule has 1 saturated heterocycles. The van der Waals surface area contributed by atoms with Gasteiger partial charge >= 0.3 is 0 Å². The van der Waals surface area contributed by atoms with Crippen LogP contribution in [0, 0.1) is 5.82 Å². The second kappa shape index (κ2) is 6.55. The van der Waals surface area contributed by atoms with Crippen LogP contribution in [-0.4, -0.2) is 28.1 Å². The number of hydrogen-bond acceptors (Lipinski definition) is 3. The molecule has 3 rings (SSSR count). The molecular weight excluding hydrogens is 279 g/mol. The van der Waals surface area contributed by atoms with Crippen molar-refractivity contribution in [1.82, 2.24) is 9.88 Å². The van der Waals surface area contributed by atoms with Crippen molar-refractivity contribution in [2.24, 2.45) is 0 Å². The molecule has 0 aliphatic carbocycles. The highest BCUT2D eigenvalue weighted by Gasteiger charge is 2.20. The number of halogens is 1. The van der Waals surface area contributed by atoms with E-state index in [-0.39, 0.29) is 12.4 Å². The summed E-state index contributed by atoms with van der Waals surface area (Å²) in [5.41, 5.74) is 3.00. The summed E-state index contributed by atoms with van der Waals surface area (Å²) in [5, 5.41) is 9.19. The summed E-state index contributed by atoms with van der Waals surface area (Å²) in [5.74, 6) is -0.358. The van der Waals surface area contributed by atoms with Crippen molar-refractivity contribution >= 4 is 0 Å². The third kappa shape index (κ3) is 3.03. The van der Waals surface area contributed by atoms with Gasteiger partial charge in [-0.05, 0) is 56.1 Å². The highest BCUT2D eigenvalue weighted by atomic mass is 19.1. The van der Waals surface area contributed by atoms with E-state index in [2.05, 4.69) is 22.9 Å². The van der Waals surface area contributed by atoms with Gasteiger partial charge in [0.05, 0.1) is 18.5 Å². The van der Waals surface area contributed by atoms with Crippen LogP contribution in [0.4, 0.5) is 4.39 Å². The van der Waals surface area contributed by atoms with E-state index >= 15 is 0 Å². The van der Waals surface area contributed by atoms with Crippen molar-refractivity contribution in [1.29, 1.82) is 0 Å². The molecule has 2 heterocycles. The molecule has 0 amide bonds. The van der Waals surface area contributed by atoms with Crippen molar-refractivity contribution in [2.45, 2.75) is 32.4 Å². The van der Waals surface area contributed by atoms with E-state index in [1.807, 2.05) is 18.2 Å². The molecule has 0 radical (unpaired) electrons. The molecule has 0 spiro atoms. The molecule has 1 fully saturated rings. The topological polar surface area (TPSA) is 36.4 Å². The predicted octanol–water partition coefficient (Wildman–Crippen LogP) is 3.54. The Labute approximate surface area is 130 Å². The third-order valence-electron chi connectivity index (χ3n) is 4.44. The van der Waals surface area contributed by atoms with Crippen LogP contribution in [-0.2, 0) is 6.61 Å². The van der Waals surface area contributed by atoms with E-state index in [4.69, 9.17) is 0 Å². The number of aliphatic hydroxyl groups is 1. The third-order valence-corrected chi connectivity index (χ3v) is 4.44. The Kier molecular flexibility index (Phi) is 4.50. The van der Waals surface area contributed by atoms with Gasteiger partial charge in [0.25, 0.3) is 0 Å². The van der Waals surface area contributed by atoms with Gasteiger partial charge < -0.3 is 5.11 Å². The lowest BCUT2D eigenvalue weighted by atomic mass is 9.99. The summed E-state index contributed by atoms with van der Waals surface area (Å²) in [4.78, 5) is 6.33. The molecule has 1 N–H and O–H groups in total. The van der Waals surface area contributed by atoms with Crippen LogP contribution in [0.1, 0.15) is 37.1 Å². The van der Waals surface area contributed by atoms with E-state index in [1.54, 1.807) is 6.07 Å². The molecule has 1 aliphatic rings. The van der Waals surface area contributed by atoms with E-state index in [1.165, 1.54) is 24.6 Å². The molecule has 0 saturated carbocycles. The minimum absolute atomic E-state index is 0.183. The zero-order valence-electron chi connectivity index (χ0n) is 12.8. The first kappa shape index (κ1) is 15.1. The summed E-state index contributed by atoms with van der Waals surface area (Å²) in [6, 6.07) is 9.97. The van der Waals surface area contributed by atoms with Gasteiger partial charge in [0.15, 0.2) is 0 Å². The zero-order valence-corrected chi connectivity index (χ0v) is 12.8. The first-order chi connectivity index (χ1) is 10.7. The fourth-order valence-electron chi connectivity index (χ4n) is 3.10. The Morgan fingerprint density at radius 2 is 2.05 bits per heavy atom. The molecule has 4 heteroatoms. The minimum atomic E-state index is -0.358. The normalized spacial score (nSPS) is 16.9. The molecule has 1 atom stereocenters. The molecule has 22 heavy (non-hydrogen) atoms. The Balaban J connectivity index is 1.93. The van der Waals surface area contributed by atoms with Crippen LogP contribution >= 0.6 is 0 Å². The monoisotopic (exact) mass is 300 g/mol. The lowest BCUT2D eigenvalue weighted by molar-refractivity contribution is 0.263. The number of pyridine rings is 1. The largest absolute Gasteiger partial charge is 0.390 e. The molecule has 116 valence electrons. The van der Waals surface area contributed by atoms with E-state index < -0.39 is 0 Å². The van der Waals surface area contributed by atoms with E-state index in [0.29, 0.717) is 17.3 Å². The van der Waals surface area contributed by atoms with Crippen molar-refractivity contribution in [3.05, 3.63) is 53.6 Å². The second-order valence-corrected chi connectivity index (χ2v) is 5.86. The van der Waals surface area contributed by atoms with Crippen LogP contribution in [0.3, 0.4) is 0 Å². The highest BCUT2D eigenvalue weighted by Crippen LogP contribution is 2.29. The Bertz CT molecular complexity index is 653. The standard InChI is InChI=1S/C18H21FN2O/c1-13(21-7-2-3-8-21)14-5-4-6-15(9-14)17-10-16(12-22)20-11-18(17)19/h4-6,9-11,13,22H,2-3,7-8,12H2,1H3/t13-/m0/s1. The summed E-state index contributed by atoms with van der Waals surface area (Å²) in [6.45, 7) is 4.27. The summed E-state index contributed by atoms with van der Waals surface area (Å²) < 4.78 is 14.1. The lowest BCUT2D eigenvalue weighted by Gasteiger charge is -2.24. The zero-order chi connectivity index (χ0) is 15.5. The van der Waals surface area contributed by atoms with Crippen LogP contribution in [0.25, 0.3) is 11.1 Å². The predicted molar refractivity (Wildman–Crippen MR) is 84.8 cm³/mol. The number of benzene rings is 1. The minimum Gasteiger partial charge on any atom is -0.390 e. The summed E-state index contributed by atoms with van der Waals surface area (Å²) in [7, 11) is 0. The van der Waals surface area contributed by atoms with Gasteiger partial charge in [0.2, 0.25) is 0 Å². The maximum Gasteiger partial charge on any atom is 0.149 e. The average Bonchev–Trinajstić information content (AvgIpc) is 3.09. The van der Waals surface area contributed by atoms with Gasteiger partial charge in [0.1, 0.15) is 5.82 Å². The number of hydrogen-bond donors (Lipinski definition) is 1. The lowest BCUT2D eigenvalue weighted by Crippen LogP contribution is -2.23. The molecule has 1 aliphatic heterocycles. The van der Waals surface area contributed by atoms with Crippen molar-refractivity contribution in [3.63, 3.8) is 0 Å². The fraction of sp³-hybridized carbons (Fsp3) is 0.389. The Morgan fingerprint density at radius 3 is 2.77 bits per heavy atom. The maximum absolute atomic E-state index is 14.1. The first-order valence-electron chi connectivity index (χ1n) is 7.78. The quantitative estimate of drug-likeness (QED) is 0.938. The van der Waals surface area contributed by atoms with Gasteiger partial charge in [-0.2, -0.15) is 0 Å². The SMILES string of the molecule is C[C@@H](c1cccc(-c2cc(CO)ncc2F)c1)N1CCCC1. The summed E-state index contributed by atoms with van der Waals surface area (Å²) in [6.07, 6.45) is 3.68. The number of aliphatic hydroxyl groups excluding tert-OH is 1. The van der Waals surface area contributed by atoms with Crippen molar-refractivity contribution in [3.8, 4) is 11.1 Å². The number of likely N-dealkylation sites (tertiary alicyclic amines) is 1. The molecule has 0 bridgehead atoms. The fourth-order valence-corrected chi connectivity index (χ4v) is 3.10. The molecule has 1 aromatic carbocycles. The van der Waals surface area contributed by atoms with Crippen LogP contribution < -0.4 is 0 Å². The van der Waals surface area contributed by atoms with Gasteiger partial charge in [-0.1, -0.05) is 18.2 Å².